The van der Waals surface area contributed by atoms with Gasteiger partial charge >= 0.3 is 0 Å². The minimum atomic E-state index is 0.463. The zero-order chi connectivity index (χ0) is 21.5. The topological polar surface area (TPSA) is 93.9 Å². The van der Waals surface area contributed by atoms with Crippen LogP contribution in [0.1, 0.15) is 17.0 Å². The molecule has 0 aromatic carbocycles. The van der Waals surface area contributed by atoms with Crippen molar-refractivity contribution in [1.29, 1.82) is 0 Å². The van der Waals surface area contributed by atoms with Crippen LogP contribution < -0.4 is 10.1 Å². The Labute approximate surface area is 180 Å². The number of aromatic nitrogens is 6. The van der Waals surface area contributed by atoms with Gasteiger partial charge in [0.1, 0.15) is 16.9 Å². The van der Waals surface area contributed by atoms with Crippen LogP contribution in [0.5, 0.6) is 5.88 Å². The second kappa shape index (κ2) is 7.59. The molecule has 0 atom stereocenters. The van der Waals surface area contributed by atoms with Crippen LogP contribution in [0.25, 0.3) is 22.3 Å². The maximum atomic E-state index is 5.54. The summed E-state index contributed by atoms with van der Waals surface area (Å²) in [5.74, 6) is 1.01. The molecule has 1 N–H and O–H groups in total. The van der Waals surface area contributed by atoms with Gasteiger partial charge in [-0.25, -0.2) is 15.0 Å². The first kappa shape index (κ1) is 19.4. The third-order valence-electron chi connectivity index (χ3n) is 5.51. The van der Waals surface area contributed by atoms with Crippen LogP contribution in [0.2, 0.25) is 0 Å². The van der Waals surface area contributed by atoms with Crippen molar-refractivity contribution in [2.24, 2.45) is 7.05 Å². The predicted octanol–water partition coefficient (Wildman–Crippen LogP) is 2.87. The molecule has 9 heteroatoms. The first-order chi connectivity index (χ1) is 15.0. The van der Waals surface area contributed by atoms with Crippen molar-refractivity contribution in [1.82, 2.24) is 34.6 Å². The molecular weight excluding hydrogens is 392 g/mol. The van der Waals surface area contributed by atoms with Crippen LogP contribution in [-0.2, 0) is 20.0 Å². The van der Waals surface area contributed by atoms with E-state index in [2.05, 4.69) is 38.4 Å². The number of ether oxygens (including phenoxy) is 1. The van der Waals surface area contributed by atoms with E-state index in [4.69, 9.17) is 14.7 Å². The Morgan fingerprint density at radius 3 is 2.77 bits per heavy atom. The molecule has 0 saturated heterocycles. The smallest absolute Gasteiger partial charge is 0.237 e. The summed E-state index contributed by atoms with van der Waals surface area (Å²) in [6.45, 7) is 3.81. The molecule has 158 valence electrons. The van der Waals surface area contributed by atoms with E-state index < -0.39 is 0 Å². The molecule has 4 aromatic rings. The Kier molecular flexibility index (Phi) is 4.74. The number of hydrogen-bond donors (Lipinski definition) is 1. The number of pyridine rings is 2. The summed E-state index contributed by atoms with van der Waals surface area (Å²) in [7, 11) is 5.65. The molecule has 1 aliphatic heterocycles. The molecule has 0 amide bonds. The van der Waals surface area contributed by atoms with E-state index in [0.29, 0.717) is 11.8 Å². The number of rotatable bonds is 4. The average Bonchev–Trinajstić information content (AvgIpc) is 3.10. The highest BCUT2D eigenvalue weighted by molar-refractivity contribution is 5.90. The number of anilines is 2. The van der Waals surface area contributed by atoms with Crippen molar-refractivity contribution < 1.29 is 4.74 Å². The van der Waals surface area contributed by atoms with E-state index >= 15 is 0 Å². The van der Waals surface area contributed by atoms with Gasteiger partial charge in [0.05, 0.1) is 24.2 Å². The molecule has 0 unspecified atom stereocenters. The number of methoxy groups -OCH3 is 1. The van der Waals surface area contributed by atoms with E-state index in [-0.39, 0.29) is 0 Å². The van der Waals surface area contributed by atoms with Crippen molar-refractivity contribution in [3.8, 4) is 17.3 Å². The van der Waals surface area contributed by atoms with Gasteiger partial charge < -0.3 is 15.0 Å². The second-order valence-corrected chi connectivity index (χ2v) is 7.85. The fourth-order valence-corrected chi connectivity index (χ4v) is 4.00. The quantitative estimate of drug-likeness (QED) is 0.543. The van der Waals surface area contributed by atoms with Gasteiger partial charge in [-0.15, -0.1) is 0 Å². The number of aryl methyl sites for hydroxylation is 2. The highest BCUT2D eigenvalue weighted by atomic mass is 16.5. The summed E-state index contributed by atoms with van der Waals surface area (Å²) < 4.78 is 7.36. The van der Waals surface area contributed by atoms with Crippen LogP contribution in [0, 0.1) is 6.92 Å². The minimum Gasteiger partial charge on any atom is -0.480 e. The number of fused-ring (bicyclic) bond motifs is 2. The molecule has 1 aliphatic rings. The lowest BCUT2D eigenvalue weighted by Gasteiger charge is -2.25. The van der Waals surface area contributed by atoms with E-state index in [1.165, 1.54) is 5.56 Å². The molecule has 0 fully saturated rings. The van der Waals surface area contributed by atoms with Gasteiger partial charge in [0.25, 0.3) is 0 Å². The lowest BCUT2D eigenvalue weighted by Crippen LogP contribution is -2.27. The molecule has 31 heavy (non-hydrogen) atoms. The molecule has 0 saturated carbocycles. The fraction of sp³-hybridized carbons (Fsp3) is 0.318. The monoisotopic (exact) mass is 416 g/mol. The predicted molar refractivity (Wildman–Crippen MR) is 118 cm³/mol. The van der Waals surface area contributed by atoms with Gasteiger partial charge in [-0.1, -0.05) is 0 Å². The van der Waals surface area contributed by atoms with Crippen molar-refractivity contribution in [3.05, 3.63) is 47.5 Å². The number of nitrogens with zero attached hydrogens (tertiary/aromatic N) is 7. The minimum absolute atomic E-state index is 0.463. The summed E-state index contributed by atoms with van der Waals surface area (Å²) in [4.78, 5) is 20.9. The standard InChI is InChI=1S/C22H24N8O/c1-13-9-18(30(3)28-13)20-19-14(5-7-23-20)11-24-22(27-19)26-17-10-15-12-29(2)8-6-16(15)25-21(17)31-4/h5,7,9-11H,6,8,12H2,1-4H3,(H,24,26,27). The van der Waals surface area contributed by atoms with Gasteiger partial charge in [0.15, 0.2) is 0 Å². The number of nitrogens with one attached hydrogen (secondary N) is 1. The maximum absolute atomic E-state index is 5.54. The van der Waals surface area contributed by atoms with E-state index in [0.717, 1.165) is 58.9 Å². The lowest BCUT2D eigenvalue weighted by atomic mass is 10.1. The Balaban J connectivity index is 1.57. The molecule has 0 radical (unpaired) electrons. The Hall–Kier alpha value is -3.59. The fourth-order valence-electron chi connectivity index (χ4n) is 4.00. The third-order valence-corrected chi connectivity index (χ3v) is 5.51. The Morgan fingerprint density at radius 1 is 1.13 bits per heavy atom. The van der Waals surface area contributed by atoms with E-state index in [9.17, 15) is 0 Å². The van der Waals surface area contributed by atoms with E-state index in [1.807, 2.05) is 30.8 Å². The highest BCUT2D eigenvalue weighted by Crippen LogP contribution is 2.31. The first-order valence-electron chi connectivity index (χ1n) is 10.2. The van der Waals surface area contributed by atoms with Gasteiger partial charge in [-0.3, -0.25) is 9.67 Å². The molecule has 0 spiro atoms. The number of hydrogen-bond acceptors (Lipinski definition) is 8. The first-order valence-corrected chi connectivity index (χ1v) is 10.2. The summed E-state index contributed by atoms with van der Waals surface area (Å²) >= 11 is 0. The van der Waals surface area contributed by atoms with Crippen molar-refractivity contribution in [2.75, 3.05) is 26.0 Å². The molecule has 5 heterocycles. The summed E-state index contributed by atoms with van der Waals surface area (Å²) in [6.07, 6.45) is 4.47. The molecule has 0 bridgehead atoms. The lowest BCUT2D eigenvalue weighted by molar-refractivity contribution is 0.307. The zero-order valence-corrected chi connectivity index (χ0v) is 18.0. The van der Waals surface area contributed by atoms with Crippen LogP contribution in [-0.4, -0.2) is 55.3 Å². The molecule has 5 rings (SSSR count). The summed E-state index contributed by atoms with van der Waals surface area (Å²) in [5.41, 5.74) is 6.37. The molecule has 0 aliphatic carbocycles. The highest BCUT2D eigenvalue weighted by Gasteiger charge is 2.19. The van der Waals surface area contributed by atoms with Crippen molar-refractivity contribution in [3.63, 3.8) is 0 Å². The summed E-state index contributed by atoms with van der Waals surface area (Å²) in [6, 6.07) is 5.99. The van der Waals surface area contributed by atoms with E-state index in [1.54, 1.807) is 19.5 Å². The third kappa shape index (κ3) is 3.57. The van der Waals surface area contributed by atoms with Crippen molar-refractivity contribution in [2.45, 2.75) is 19.9 Å². The van der Waals surface area contributed by atoms with Crippen LogP contribution >= 0.6 is 0 Å². The molecule has 9 nitrogen and oxygen atoms in total. The second-order valence-electron chi connectivity index (χ2n) is 7.85. The summed E-state index contributed by atoms with van der Waals surface area (Å²) in [5, 5.41) is 8.65. The SMILES string of the molecule is COc1nc2c(cc1Nc1ncc3ccnc(-c4cc(C)nn4C)c3n1)CN(C)CC2. The Bertz CT molecular complexity index is 1280. The van der Waals surface area contributed by atoms with Gasteiger partial charge in [-0.2, -0.15) is 5.10 Å². The van der Waals surface area contributed by atoms with Crippen LogP contribution in [0.3, 0.4) is 0 Å². The molecular formula is C22H24N8O. The van der Waals surface area contributed by atoms with Crippen LogP contribution in [0.15, 0.2) is 30.6 Å². The maximum Gasteiger partial charge on any atom is 0.237 e. The van der Waals surface area contributed by atoms with Gasteiger partial charge in [0.2, 0.25) is 11.8 Å². The average molecular weight is 416 g/mol. The van der Waals surface area contributed by atoms with Crippen LogP contribution in [0.4, 0.5) is 11.6 Å². The molecule has 4 aromatic heterocycles. The van der Waals surface area contributed by atoms with Crippen molar-refractivity contribution >= 4 is 22.5 Å². The zero-order valence-electron chi connectivity index (χ0n) is 18.0. The normalized spacial score (nSPS) is 13.9. The largest absolute Gasteiger partial charge is 0.480 e. The number of likely N-dealkylation sites (N-methyl/N-ethyl adjacent to an activating group) is 1. The Morgan fingerprint density at radius 2 is 2.00 bits per heavy atom. The van der Waals surface area contributed by atoms with Gasteiger partial charge in [0, 0.05) is 44.3 Å². The van der Waals surface area contributed by atoms with Gasteiger partial charge in [-0.05, 0) is 37.7 Å².